The molecule has 1 aliphatic rings. The summed E-state index contributed by atoms with van der Waals surface area (Å²) >= 11 is 6.01. The lowest BCUT2D eigenvalue weighted by Crippen LogP contribution is -2.18. The number of aryl methyl sites for hydroxylation is 1. The van der Waals surface area contributed by atoms with Gasteiger partial charge in [-0.05, 0) is 44.1 Å². The predicted molar refractivity (Wildman–Crippen MR) is 93.5 cm³/mol. The quantitative estimate of drug-likeness (QED) is 0.307. The van der Waals surface area contributed by atoms with Crippen LogP contribution in [0.25, 0.3) is 0 Å². The van der Waals surface area contributed by atoms with E-state index in [4.69, 9.17) is 16.3 Å². The Balaban J connectivity index is 2.08. The molecule has 1 unspecified atom stereocenters. The number of hydrogen-bond donors (Lipinski definition) is 0. The summed E-state index contributed by atoms with van der Waals surface area (Å²) in [6, 6.07) is 5.45. The van der Waals surface area contributed by atoms with Crippen LogP contribution in [0.4, 0.5) is 5.69 Å². The van der Waals surface area contributed by atoms with Crippen molar-refractivity contribution in [3.8, 4) is 0 Å². The van der Waals surface area contributed by atoms with Gasteiger partial charge in [-0.3, -0.25) is 14.9 Å². The average Bonchev–Trinajstić information content (AvgIpc) is 2.60. The third kappa shape index (κ3) is 4.94. The van der Waals surface area contributed by atoms with Crippen molar-refractivity contribution in [1.29, 1.82) is 0 Å². The number of hydrogen-bond acceptors (Lipinski definition) is 4. The summed E-state index contributed by atoms with van der Waals surface area (Å²) in [5.74, 6) is -0.152. The van der Waals surface area contributed by atoms with E-state index in [1.165, 1.54) is 6.42 Å². The molecule has 0 heterocycles. The van der Waals surface area contributed by atoms with Gasteiger partial charge in [-0.1, -0.05) is 31.4 Å². The topological polar surface area (TPSA) is 69.4 Å². The van der Waals surface area contributed by atoms with E-state index >= 15 is 0 Å². The first-order valence-corrected chi connectivity index (χ1v) is 9.04. The lowest BCUT2D eigenvalue weighted by molar-refractivity contribution is -0.385. The number of nitro groups is 1. The Morgan fingerprint density at radius 1 is 1.38 bits per heavy atom. The minimum atomic E-state index is -0.720. The first-order valence-electron chi connectivity index (χ1n) is 8.60. The largest absolute Gasteiger partial charge is 0.465 e. The van der Waals surface area contributed by atoms with Gasteiger partial charge in [-0.15, -0.1) is 11.6 Å². The maximum absolute atomic E-state index is 11.5. The number of benzene rings is 1. The highest BCUT2D eigenvalue weighted by Crippen LogP contribution is 2.37. The number of halogens is 1. The van der Waals surface area contributed by atoms with E-state index in [1.54, 1.807) is 13.0 Å². The normalized spacial score (nSPS) is 16.6. The molecule has 1 atom stereocenters. The lowest BCUT2D eigenvalue weighted by atomic mass is 9.83. The third-order valence-corrected chi connectivity index (χ3v) is 4.96. The molecular formula is C18H24ClNO4. The Labute approximate surface area is 147 Å². The van der Waals surface area contributed by atoms with Gasteiger partial charge in [0.15, 0.2) is 0 Å². The highest BCUT2D eigenvalue weighted by atomic mass is 35.5. The second-order valence-corrected chi connectivity index (χ2v) is 6.77. The molecule has 0 amide bonds. The van der Waals surface area contributed by atoms with Crippen LogP contribution in [0, 0.1) is 10.1 Å². The van der Waals surface area contributed by atoms with Crippen LogP contribution >= 0.6 is 11.6 Å². The van der Waals surface area contributed by atoms with E-state index < -0.39 is 11.3 Å². The maximum atomic E-state index is 11.5. The number of ether oxygens (including phenoxy) is 1. The zero-order chi connectivity index (χ0) is 17.5. The van der Waals surface area contributed by atoms with Crippen LogP contribution in [0.5, 0.6) is 0 Å². The minimum Gasteiger partial charge on any atom is -0.465 e. The van der Waals surface area contributed by atoms with Crippen molar-refractivity contribution in [3.05, 3.63) is 39.4 Å². The van der Waals surface area contributed by atoms with Gasteiger partial charge in [-0.25, -0.2) is 0 Å². The van der Waals surface area contributed by atoms with Crippen LogP contribution in [0.2, 0.25) is 0 Å². The first kappa shape index (κ1) is 18.7. The summed E-state index contributed by atoms with van der Waals surface area (Å²) in [5, 5.41) is 10.7. The van der Waals surface area contributed by atoms with Crippen LogP contribution in [0.15, 0.2) is 18.2 Å². The standard InChI is InChI=1S/C18H24ClNO4/c1-2-24-18(21)16(19)11-9-13-8-10-15(17(12-13)20(22)23)14-6-4-3-5-7-14/h8,10,12,14,16H,2-7,9,11H2,1H3. The SMILES string of the molecule is CCOC(=O)C(Cl)CCc1ccc(C2CCCCC2)c([N+](=O)[O-])c1. The molecule has 5 nitrogen and oxygen atoms in total. The maximum Gasteiger partial charge on any atom is 0.324 e. The smallest absolute Gasteiger partial charge is 0.324 e. The fourth-order valence-electron chi connectivity index (χ4n) is 3.31. The summed E-state index contributed by atoms with van der Waals surface area (Å²) in [6.45, 7) is 2.03. The van der Waals surface area contributed by atoms with Crippen LogP contribution in [0.1, 0.15) is 62.5 Å². The van der Waals surface area contributed by atoms with Crippen LogP contribution in [-0.2, 0) is 16.0 Å². The molecule has 0 spiro atoms. The highest BCUT2D eigenvalue weighted by molar-refractivity contribution is 6.29. The fraction of sp³-hybridized carbons (Fsp3) is 0.611. The molecule has 24 heavy (non-hydrogen) atoms. The molecule has 1 fully saturated rings. The highest BCUT2D eigenvalue weighted by Gasteiger charge is 2.24. The van der Waals surface area contributed by atoms with Crippen molar-refractivity contribution in [2.24, 2.45) is 0 Å². The summed E-state index contributed by atoms with van der Waals surface area (Å²) in [5.41, 5.74) is 1.87. The number of carbonyl (C=O) groups is 1. The van der Waals surface area contributed by atoms with Gasteiger partial charge in [-0.2, -0.15) is 0 Å². The first-order chi connectivity index (χ1) is 11.5. The molecule has 0 saturated heterocycles. The Morgan fingerprint density at radius 2 is 2.08 bits per heavy atom. The number of carbonyl (C=O) groups excluding carboxylic acids is 1. The van der Waals surface area contributed by atoms with E-state index in [2.05, 4.69) is 0 Å². The molecule has 0 aromatic heterocycles. The molecule has 0 aliphatic heterocycles. The summed E-state index contributed by atoms with van der Waals surface area (Å²) in [6.07, 6.45) is 6.44. The van der Waals surface area contributed by atoms with Gasteiger partial charge in [0.05, 0.1) is 11.5 Å². The molecule has 132 valence electrons. The van der Waals surface area contributed by atoms with Crippen molar-refractivity contribution >= 4 is 23.3 Å². The molecular weight excluding hydrogens is 330 g/mol. The molecule has 1 aromatic carbocycles. The summed E-state index contributed by atoms with van der Waals surface area (Å²) in [7, 11) is 0. The number of nitro benzene ring substituents is 1. The van der Waals surface area contributed by atoms with Crippen molar-refractivity contribution in [2.45, 2.75) is 63.2 Å². The van der Waals surface area contributed by atoms with Crippen LogP contribution in [-0.4, -0.2) is 22.9 Å². The molecule has 1 saturated carbocycles. The van der Waals surface area contributed by atoms with Crippen LogP contribution < -0.4 is 0 Å². The van der Waals surface area contributed by atoms with Crippen molar-refractivity contribution < 1.29 is 14.5 Å². The van der Waals surface area contributed by atoms with Gasteiger partial charge in [0, 0.05) is 11.6 Å². The van der Waals surface area contributed by atoms with Gasteiger partial charge >= 0.3 is 5.97 Å². The average molecular weight is 354 g/mol. The third-order valence-electron chi connectivity index (χ3n) is 4.57. The molecule has 6 heteroatoms. The number of esters is 1. The zero-order valence-corrected chi connectivity index (χ0v) is 14.8. The Morgan fingerprint density at radius 3 is 2.71 bits per heavy atom. The molecule has 1 aliphatic carbocycles. The molecule has 1 aromatic rings. The van der Waals surface area contributed by atoms with E-state index in [-0.39, 0.29) is 16.5 Å². The van der Waals surface area contributed by atoms with E-state index in [9.17, 15) is 14.9 Å². The molecule has 0 N–H and O–H groups in total. The van der Waals surface area contributed by atoms with Crippen LogP contribution in [0.3, 0.4) is 0 Å². The van der Waals surface area contributed by atoms with Crippen molar-refractivity contribution in [3.63, 3.8) is 0 Å². The van der Waals surface area contributed by atoms with Crippen molar-refractivity contribution in [1.82, 2.24) is 0 Å². The summed E-state index contributed by atoms with van der Waals surface area (Å²) in [4.78, 5) is 22.7. The van der Waals surface area contributed by atoms with Crippen molar-refractivity contribution in [2.75, 3.05) is 6.61 Å². The Bertz CT molecular complexity index is 584. The summed E-state index contributed by atoms with van der Waals surface area (Å²) < 4.78 is 4.87. The van der Waals surface area contributed by atoms with Gasteiger partial charge in [0.2, 0.25) is 0 Å². The van der Waals surface area contributed by atoms with Gasteiger partial charge < -0.3 is 4.74 Å². The molecule has 2 rings (SSSR count). The second-order valence-electron chi connectivity index (χ2n) is 6.24. The zero-order valence-electron chi connectivity index (χ0n) is 14.0. The van der Waals surface area contributed by atoms with E-state index in [1.807, 2.05) is 12.1 Å². The van der Waals surface area contributed by atoms with E-state index in [0.29, 0.717) is 19.4 Å². The number of rotatable bonds is 7. The van der Waals surface area contributed by atoms with Gasteiger partial charge in [0.1, 0.15) is 5.38 Å². The predicted octanol–water partition coefficient (Wildman–Crippen LogP) is 4.75. The molecule has 0 bridgehead atoms. The lowest BCUT2D eigenvalue weighted by Gasteiger charge is -2.22. The minimum absolute atomic E-state index is 0.196. The second kappa shape index (κ2) is 9.02. The Hall–Kier alpha value is -1.62. The van der Waals surface area contributed by atoms with E-state index in [0.717, 1.165) is 36.8 Å². The fourth-order valence-corrected chi connectivity index (χ4v) is 3.48. The number of alkyl halides is 1. The Kier molecular flexibility index (Phi) is 7.03. The monoisotopic (exact) mass is 353 g/mol. The molecule has 0 radical (unpaired) electrons. The number of nitrogens with zero attached hydrogens (tertiary/aromatic N) is 1. The van der Waals surface area contributed by atoms with Gasteiger partial charge in [0.25, 0.3) is 5.69 Å².